The Hall–Kier alpha value is -1.84. The van der Waals surface area contributed by atoms with Crippen molar-refractivity contribution in [2.24, 2.45) is 10.9 Å². The predicted octanol–water partition coefficient (Wildman–Crippen LogP) is 1.79. The molecular formula is C15H18N2O2. The molecule has 100 valence electrons. The number of carbonyl (C=O) groups is 1. The third kappa shape index (κ3) is 2.35. The zero-order valence-corrected chi connectivity index (χ0v) is 10.9. The Kier molecular flexibility index (Phi) is 3.23. The van der Waals surface area contributed by atoms with Gasteiger partial charge in [-0.25, -0.2) is 0 Å². The average Bonchev–Trinajstić information content (AvgIpc) is 2.47. The molecule has 1 saturated heterocycles. The first-order valence-corrected chi connectivity index (χ1v) is 6.86. The number of aliphatic carboxylic acids is 1. The van der Waals surface area contributed by atoms with E-state index >= 15 is 0 Å². The molecule has 0 aliphatic carbocycles. The van der Waals surface area contributed by atoms with Crippen LogP contribution in [0.5, 0.6) is 0 Å². The average molecular weight is 258 g/mol. The van der Waals surface area contributed by atoms with E-state index in [-0.39, 0.29) is 5.92 Å². The van der Waals surface area contributed by atoms with Gasteiger partial charge >= 0.3 is 5.97 Å². The van der Waals surface area contributed by atoms with E-state index in [1.54, 1.807) is 0 Å². The fourth-order valence-corrected chi connectivity index (χ4v) is 2.93. The van der Waals surface area contributed by atoms with E-state index in [4.69, 9.17) is 5.11 Å². The summed E-state index contributed by atoms with van der Waals surface area (Å²) in [5, 5.41) is 9.04. The number of fused-ring (bicyclic) bond motifs is 1. The Balaban J connectivity index is 1.77. The molecule has 0 radical (unpaired) electrons. The van der Waals surface area contributed by atoms with Crippen LogP contribution in [0.1, 0.15) is 24.0 Å². The zero-order valence-electron chi connectivity index (χ0n) is 10.9. The zero-order chi connectivity index (χ0) is 13.2. The maximum atomic E-state index is 11.0. The van der Waals surface area contributed by atoms with Crippen LogP contribution in [0.3, 0.4) is 0 Å². The van der Waals surface area contributed by atoms with Gasteiger partial charge in [0.15, 0.2) is 0 Å². The van der Waals surface area contributed by atoms with Crippen LogP contribution in [0, 0.1) is 5.92 Å². The molecule has 2 aliphatic rings. The summed E-state index contributed by atoms with van der Waals surface area (Å²) >= 11 is 0. The highest BCUT2D eigenvalue weighted by molar-refractivity contribution is 6.01. The molecule has 0 saturated carbocycles. The lowest BCUT2D eigenvalue weighted by molar-refractivity contribution is -0.143. The second-order valence-electron chi connectivity index (χ2n) is 5.21. The summed E-state index contributed by atoms with van der Waals surface area (Å²) in [4.78, 5) is 17.9. The third-order valence-corrected chi connectivity index (χ3v) is 4.04. The van der Waals surface area contributed by atoms with Crippen LogP contribution in [0.2, 0.25) is 0 Å². The molecule has 0 aromatic heterocycles. The second kappa shape index (κ2) is 5.03. The van der Waals surface area contributed by atoms with Gasteiger partial charge in [0.1, 0.15) is 5.84 Å². The lowest BCUT2D eigenvalue weighted by Crippen LogP contribution is -2.42. The van der Waals surface area contributed by atoms with Crippen LogP contribution in [-0.2, 0) is 11.2 Å². The van der Waals surface area contributed by atoms with Gasteiger partial charge in [-0.15, -0.1) is 0 Å². The molecule has 19 heavy (non-hydrogen) atoms. The summed E-state index contributed by atoms with van der Waals surface area (Å²) in [5.74, 6) is 0.215. The summed E-state index contributed by atoms with van der Waals surface area (Å²) in [6.07, 6.45) is 2.44. The molecule has 1 fully saturated rings. The highest BCUT2D eigenvalue weighted by Crippen LogP contribution is 2.23. The first kappa shape index (κ1) is 12.2. The SMILES string of the molecule is O=C(O)C1CCN(C2=NCCc3ccccc32)CC1. The topological polar surface area (TPSA) is 52.9 Å². The largest absolute Gasteiger partial charge is 0.481 e. The summed E-state index contributed by atoms with van der Waals surface area (Å²) in [6, 6.07) is 8.40. The molecule has 0 unspecified atom stereocenters. The van der Waals surface area contributed by atoms with E-state index < -0.39 is 5.97 Å². The van der Waals surface area contributed by atoms with Crippen molar-refractivity contribution >= 4 is 11.8 Å². The molecule has 1 aromatic carbocycles. The Morgan fingerprint density at radius 1 is 1.26 bits per heavy atom. The van der Waals surface area contributed by atoms with Gasteiger partial charge in [-0.3, -0.25) is 9.79 Å². The Labute approximate surface area is 112 Å². The minimum absolute atomic E-state index is 0.185. The molecule has 4 nitrogen and oxygen atoms in total. The molecule has 2 aliphatic heterocycles. The van der Waals surface area contributed by atoms with Gasteiger partial charge in [-0.1, -0.05) is 24.3 Å². The second-order valence-corrected chi connectivity index (χ2v) is 5.21. The van der Waals surface area contributed by atoms with Crippen LogP contribution in [-0.4, -0.2) is 41.4 Å². The number of hydrogen-bond donors (Lipinski definition) is 1. The number of likely N-dealkylation sites (tertiary alicyclic amines) is 1. The summed E-state index contributed by atoms with van der Waals surface area (Å²) in [7, 11) is 0. The van der Waals surface area contributed by atoms with Crippen molar-refractivity contribution in [3.63, 3.8) is 0 Å². The van der Waals surface area contributed by atoms with Gasteiger partial charge in [0.25, 0.3) is 0 Å². The Morgan fingerprint density at radius 2 is 2.00 bits per heavy atom. The van der Waals surface area contributed by atoms with Gasteiger partial charge in [0.05, 0.1) is 5.92 Å². The van der Waals surface area contributed by atoms with E-state index in [2.05, 4.69) is 28.1 Å². The standard InChI is InChI=1S/C15H18N2O2/c18-15(19)12-6-9-17(10-7-12)14-13-4-2-1-3-11(13)5-8-16-14/h1-4,12H,5-10H2,(H,18,19). The Morgan fingerprint density at radius 3 is 2.74 bits per heavy atom. The number of amidine groups is 1. The van der Waals surface area contributed by atoms with Gasteiger partial charge < -0.3 is 10.0 Å². The molecule has 0 bridgehead atoms. The number of rotatable bonds is 1. The lowest BCUT2D eigenvalue weighted by Gasteiger charge is -2.34. The first-order chi connectivity index (χ1) is 9.25. The number of hydrogen-bond acceptors (Lipinski definition) is 3. The monoisotopic (exact) mass is 258 g/mol. The summed E-state index contributed by atoms with van der Waals surface area (Å²) in [6.45, 7) is 2.43. The van der Waals surface area contributed by atoms with E-state index in [1.165, 1.54) is 11.1 Å². The normalized spacial score (nSPS) is 19.8. The minimum Gasteiger partial charge on any atom is -0.481 e. The first-order valence-electron chi connectivity index (χ1n) is 6.86. The Bertz CT molecular complexity index is 517. The lowest BCUT2D eigenvalue weighted by atomic mass is 9.94. The maximum Gasteiger partial charge on any atom is 0.306 e. The quantitative estimate of drug-likeness (QED) is 0.835. The van der Waals surface area contributed by atoms with Crippen LogP contribution >= 0.6 is 0 Å². The summed E-state index contributed by atoms with van der Waals surface area (Å²) < 4.78 is 0. The minimum atomic E-state index is -0.661. The fraction of sp³-hybridized carbons (Fsp3) is 0.467. The van der Waals surface area contributed by atoms with E-state index in [0.29, 0.717) is 0 Å². The molecule has 1 aromatic rings. The maximum absolute atomic E-state index is 11.0. The van der Waals surface area contributed by atoms with Crippen LogP contribution in [0.4, 0.5) is 0 Å². The van der Waals surface area contributed by atoms with Crippen LogP contribution < -0.4 is 0 Å². The van der Waals surface area contributed by atoms with Crippen molar-refractivity contribution in [1.82, 2.24) is 4.90 Å². The molecular weight excluding hydrogens is 240 g/mol. The molecule has 4 heteroatoms. The number of carboxylic acids is 1. The van der Waals surface area contributed by atoms with E-state index in [1.807, 2.05) is 6.07 Å². The van der Waals surface area contributed by atoms with E-state index in [9.17, 15) is 4.79 Å². The van der Waals surface area contributed by atoms with Gasteiger partial charge in [-0.2, -0.15) is 0 Å². The van der Waals surface area contributed by atoms with E-state index in [0.717, 1.165) is 44.7 Å². The van der Waals surface area contributed by atoms with Crippen molar-refractivity contribution in [2.75, 3.05) is 19.6 Å². The van der Waals surface area contributed by atoms with Crippen LogP contribution in [0.15, 0.2) is 29.3 Å². The smallest absolute Gasteiger partial charge is 0.306 e. The molecule has 2 heterocycles. The molecule has 0 amide bonds. The van der Waals surface area contributed by atoms with Crippen molar-refractivity contribution in [2.45, 2.75) is 19.3 Å². The van der Waals surface area contributed by atoms with Crippen molar-refractivity contribution < 1.29 is 9.90 Å². The van der Waals surface area contributed by atoms with Crippen molar-refractivity contribution in [3.05, 3.63) is 35.4 Å². The number of carboxylic acid groups (broad SMARTS) is 1. The van der Waals surface area contributed by atoms with Gasteiger partial charge in [0, 0.05) is 25.2 Å². The highest BCUT2D eigenvalue weighted by Gasteiger charge is 2.27. The highest BCUT2D eigenvalue weighted by atomic mass is 16.4. The molecule has 0 spiro atoms. The number of piperidine rings is 1. The molecule has 1 N–H and O–H groups in total. The number of aliphatic imine (C=N–C) groups is 1. The molecule has 0 atom stereocenters. The van der Waals surface area contributed by atoms with Gasteiger partial charge in [-0.05, 0) is 24.8 Å². The van der Waals surface area contributed by atoms with Gasteiger partial charge in [0.2, 0.25) is 0 Å². The third-order valence-electron chi connectivity index (χ3n) is 4.04. The van der Waals surface area contributed by atoms with Crippen molar-refractivity contribution in [3.8, 4) is 0 Å². The summed E-state index contributed by atoms with van der Waals surface area (Å²) in [5.41, 5.74) is 2.58. The predicted molar refractivity (Wildman–Crippen MR) is 73.5 cm³/mol. The van der Waals surface area contributed by atoms with Crippen LogP contribution in [0.25, 0.3) is 0 Å². The molecule has 3 rings (SSSR count). The fourth-order valence-electron chi connectivity index (χ4n) is 2.93. The number of benzene rings is 1. The number of nitrogens with zero attached hydrogens (tertiary/aromatic N) is 2. The van der Waals surface area contributed by atoms with Crippen molar-refractivity contribution in [1.29, 1.82) is 0 Å².